The summed E-state index contributed by atoms with van der Waals surface area (Å²) in [5.41, 5.74) is 2.14. The number of methoxy groups -OCH3 is 1. The maximum absolute atomic E-state index is 14.4. The Bertz CT molecular complexity index is 1100. The Kier molecular flexibility index (Phi) is 7.46. The molecule has 8 heteroatoms. The molecule has 1 aliphatic rings. The van der Waals surface area contributed by atoms with Crippen molar-refractivity contribution < 1.29 is 22.3 Å². The first-order valence-electron chi connectivity index (χ1n) is 10.2. The Morgan fingerprint density at radius 3 is 2.68 bits per heavy atom. The zero-order valence-corrected chi connectivity index (χ0v) is 18.5. The van der Waals surface area contributed by atoms with E-state index in [1.807, 2.05) is 13.0 Å². The lowest BCUT2D eigenvalue weighted by molar-refractivity contribution is 0.102. The van der Waals surface area contributed by atoms with Crippen molar-refractivity contribution in [2.75, 3.05) is 19.0 Å². The highest BCUT2D eigenvalue weighted by molar-refractivity contribution is 7.89. The van der Waals surface area contributed by atoms with Gasteiger partial charge in [-0.25, -0.2) is 17.5 Å². The largest absolute Gasteiger partial charge is 0.495 e. The van der Waals surface area contributed by atoms with E-state index >= 15 is 0 Å². The van der Waals surface area contributed by atoms with Crippen molar-refractivity contribution in [1.29, 1.82) is 0 Å². The maximum Gasteiger partial charge on any atom is 0.258 e. The van der Waals surface area contributed by atoms with Gasteiger partial charge in [-0.3, -0.25) is 4.79 Å². The second-order valence-corrected chi connectivity index (χ2v) is 9.32. The lowest BCUT2D eigenvalue weighted by atomic mass is 9.97. The van der Waals surface area contributed by atoms with E-state index in [4.69, 9.17) is 4.74 Å². The van der Waals surface area contributed by atoms with Gasteiger partial charge in [0.2, 0.25) is 10.0 Å². The molecule has 0 atom stereocenters. The molecule has 0 bridgehead atoms. The number of allylic oxidation sites excluding steroid dienone is 1. The number of ether oxygens (including phenoxy) is 1. The van der Waals surface area contributed by atoms with E-state index < -0.39 is 21.7 Å². The molecule has 0 fully saturated rings. The molecule has 6 nitrogen and oxygen atoms in total. The molecule has 2 N–H and O–H groups in total. The molecule has 166 valence electrons. The van der Waals surface area contributed by atoms with E-state index in [1.165, 1.54) is 19.1 Å². The minimum absolute atomic E-state index is 0.159. The van der Waals surface area contributed by atoms with Gasteiger partial charge in [-0.15, -0.1) is 0 Å². The molecule has 0 heterocycles. The van der Waals surface area contributed by atoms with Crippen LogP contribution in [0, 0.1) is 12.7 Å². The van der Waals surface area contributed by atoms with Gasteiger partial charge in [0.1, 0.15) is 11.6 Å². The van der Waals surface area contributed by atoms with Crippen molar-refractivity contribution in [3.8, 4) is 5.75 Å². The third-order valence-corrected chi connectivity index (χ3v) is 6.68. The molecule has 3 rings (SSSR count). The molecule has 2 aromatic carbocycles. The number of hydrogen-bond donors (Lipinski definition) is 2. The van der Waals surface area contributed by atoms with Crippen LogP contribution in [0.3, 0.4) is 0 Å². The van der Waals surface area contributed by atoms with Gasteiger partial charge in [-0.2, -0.15) is 0 Å². The first-order valence-corrected chi connectivity index (χ1v) is 11.7. The lowest BCUT2D eigenvalue weighted by Crippen LogP contribution is -2.26. The molecular formula is C23H27FN2O4S. The summed E-state index contributed by atoms with van der Waals surface area (Å²) in [7, 11) is -2.41. The van der Waals surface area contributed by atoms with E-state index in [1.54, 1.807) is 12.1 Å². The molecular weight excluding hydrogens is 419 g/mol. The summed E-state index contributed by atoms with van der Waals surface area (Å²) in [6.45, 7) is 2.10. The number of rotatable bonds is 8. The monoisotopic (exact) mass is 446 g/mol. The number of anilines is 1. The summed E-state index contributed by atoms with van der Waals surface area (Å²) in [5.74, 6) is -1.15. The SMILES string of the molecule is COc1ccc(C)cc1NC(=O)c1cc(S(=O)(=O)NCCC2=CCCCC2)ccc1F. The second-order valence-electron chi connectivity index (χ2n) is 7.56. The highest BCUT2D eigenvalue weighted by Gasteiger charge is 2.20. The Morgan fingerprint density at radius 2 is 1.97 bits per heavy atom. The Hall–Kier alpha value is -2.71. The van der Waals surface area contributed by atoms with Crippen molar-refractivity contribution in [3.63, 3.8) is 0 Å². The Labute approximate surface area is 182 Å². The number of amides is 1. The van der Waals surface area contributed by atoms with Gasteiger partial charge in [-0.05, 0) is 74.9 Å². The smallest absolute Gasteiger partial charge is 0.258 e. The fourth-order valence-corrected chi connectivity index (χ4v) is 4.57. The van der Waals surface area contributed by atoms with Gasteiger partial charge in [0.05, 0.1) is 23.3 Å². The van der Waals surface area contributed by atoms with Crippen LogP contribution in [0.4, 0.5) is 10.1 Å². The van der Waals surface area contributed by atoms with Gasteiger partial charge in [0.15, 0.2) is 0 Å². The van der Waals surface area contributed by atoms with E-state index in [-0.39, 0.29) is 17.0 Å². The van der Waals surface area contributed by atoms with Crippen LogP contribution in [0.15, 0.2) is 52.9 Å². The number of halogens is 1. The predicted octanol–water partition coefficient (Wildman–Crippen LogP) is 4.56. The van der Waals surface area contributed by atoms with Crippen molar-refractivity contribution in [2.24, 2.45) is 0 Å². The van der Waals surface area contributed by atoms with Crippen LogP contribution in [-0.4, -0.2) is 28.0 Å². The van der Waals surface area contributed by atoms with Crippen LogP contribution in [0.2, 0.25) is 0 Å². The van der Waals surface area contributed by atoms with Crippen LogP contribution in [0.1, 0.15) is 48.0 Å². The maximum atomic E-state index is 14.4. The molecule has 0 saturated carbocycles. The molecule has 0 saturated heterocycles. The van der Waals surface area contributed by atoms with Crippen LogP contribution < -0.4 is 14.8 Å². The lowest BCUT2D eigenvalue weighted by Gasteiger charge is -2.14. The molecule has 0 aromatic heterocycles. The quantitative estimate of drug-likeness (QED) is 0.582. The molecule has 0 aliphatic heterocycles. The second kappa shape index (κ2) is 10.1. The summed E-state index contributed by atoms with van der Waals surface area (Å²) in [6, 6.07) is 8.39. The Morgan fingerprint density at radius 1 is 1.16 bits per heavy atom. The van der Waals surface area contributed by atoms with Crippen LogP contribution in [0.5, 0.6) is 5.75 Å². The molecule has 31 heavy (non-hydrogen) atoms. The summed E-state index contributed by atoms with van der Waals surface area (Å²) in [4.78, 5) is 12.5. The molecule has 1 aliphatic carbocycles. The molecule has 2 aromatic rings. The van der Waals surface area contributed by atoms with Crippen molar-refractivity contribution in [1.82, 2.24) is 4.72 Å². The van der Waals surface area contributed by atoms with Gasteiger partial charge in [0, 0.05) is 6.54 Å². The zero-order chi connectivity index (χ0) is 22.4. The van der Waals surface area contributed by atoms with Crippen LogP contribution in [0.25, 0.3) is 0 Å². The van der Waals surface area contributed by atoms with E-state index in [2.05, 4.69) is 16.1 Å². The normalized spacial score (nSPS) is 14.1. The highest BCUT2D eigenvalue weighted by atomic mass is 32.2. The number of benzene rings is 2. The zero-order valence-electron chi connectivity index (χ0n) is 17.7. The van der Waals surface area contributed by atoms with E-state index in [0.29, 0.717) is 17.9 Å². The summed E-state index contributed by atoms with van der Waals surface area (Å²) in [5, 5.41) is 2.60. The average Bonchev–Trinajstić information content (AvgIpc) is 2.74. The van der Waals surface area contributed by atoms with E-state index in [9.17, 15) is 17.6 Å². The fraction of sp³-hybridized carbons (Fsp3) is 0.348. The highest BCUT2D eigenvalue weighted by Crippen LogP contribution is 2.26. The Balaban J connectivity index is 1.75. The van der Waals surface area contributed by atoms with Gasteiger partial charge < -0.3 is 10.1 Å². The molecule has 1 amide bonds. The first-order chi connectivity index (χ1) is 14.8. The minimum Gasteiger partial charge on any atom is -0.495 e. The standard InChI is InChI=1S/C23H27FN2O4S/c1-16-8-11-22(30-2)21(14-16)26-23(27)19-15-18(9-10-20(19)24)31(28,29)25-13-12-17-6-4-3-5-7-17/h6,8-11,14-15,25H,3-5,7,12-13H2,1-2H3,(H,26,27). The van der Waals surface area contributed by atoms with Crippen LogP contribution >= 0.6 is 0 Å². The van der Waals surface area contributed by atoms with Gasteiger partial charge in [0.25, 0.3) is 5.91 Å². The van der Waals surface area contributed by atoms with Crippen LogP contribution in [-0.2, 0) is 10.0 Å². The number of hydrogen-bond acceptors (Lipinski definition) is 4. The number of aryl methyl sites for hydroxylation is 1. The van der Waals surface area contributed by atoms with Crippen molar-refractivity contribution in [3.05, 3.63) is 65.0 Å². The number of carbonyl (C=O) groups is 1. The predicted molar refractivity (Wildman–Crippen MR) is 118 cm³/mol. The fourth-order valence-electron chi connectivity index (χ4n) is 3.52. The van der Waals surface area contributed by atoms with Crippen molar-refractivity contribution >= 4 is 21.6 Å². The number of sulfonamides is 1. The first kappa shape index (κ1) is 23.0. The number of nitrogens with one attached hydrogen (secondary N) is 2. The summed E-state index contributed by atoms with van der Waals surface area (Å²) >= 11 is 0. The summed E-state index contributed by atoms with van der Waals surface area (Å²) < 4.78 is 47.4. The minimum atomic E-state index is -3.87. The number of carbonyl (C=O) groups excluding carboxylic acids is 1. The molecule has 0 unspecified atom stereocenters. The summed E-state index contributed by atoms with van der Waals surface area (Å²) in [6.07, 6.45) is 7.12. The average molecular weight is 447 g/mol. The molecule has 0 spiro atoms. The van der Waals surface area contributed by atoms with E-state index in [0.717, 1.165) is 43.0 Å². The third kappa shape index (κ3) is 5.92. The molecule has 0 radical (unpaired) electrons. The third-order valence-electron chi connectivity index (χ3n) is 5.22. The van der Waals surface area contributed by atoms with Gasteiger partial charge >= 0.3 is 0 Å². The van der Waals surface area contributed by atoms with Gasteiger partial charge in [-0.1, -0.05) is 17.7 Å². The topological polar surface area (TPSA) is 84.5 Å². The van der Waals surface area contributed by atoms with Crippen molar-refractivity contribution in [2.45, 2.75) is 43.9 Å².